The zero-order chi connectivity index (χ0) is 11.3. The molecule has 86 valence electrons. The number of carbonyl (C=O) groups is 3. The van der Waals surface area contributed by atoms with E-state index >= 15 is 0 Å². The number of hydrogen-bond donors (Lipinski definition) is 1. The average Bonchev–Trinajstić information content (AvgIpc) is 2.90. The molecule has 5 heteroatoms. The van der Waals surface area contributed by atoms with E-state index in [9.17, 15) is 14.4 Å². The monoisotopic (exact) mass is 222 g/mol. The van der Waals surface area contributed by atoms with Gasteiger partial charge in [-0.25, -0.2) is 4.79 Å². The van der Waals surface area contributed by atoms with E-state index in [1.165, 1.54) is 19.3 Å². The van der Waals surface area contributed by atoms with Gasteiger partial charge in [0.15, 0.2) is 0 Å². The van der Waals surface area contributed by atoms with Crippen molar-refractivity contribution in [3.63, 3.8) is 0 Å². The van der Waals surface area contributed by atoms with E-state index in [2.05, 4.69) is 0 Å². The zero-order valence-corrected chi connectivity index (χ0v) is 8.94. The molecule has 16 heavy (non-hydrogen) atoms. The van der Waals surface area contributed by atoms with Crippen molar-refractivity contribution in [1.82, 2.24) is 10.2 Å². The second-order valence-corrected chi connectivity index (χ2v) is 5.11. The molecule has 5 nitrogen and oxygen atoms in total. The van der Waals surface area contributed by atoms with Crippen LogP contribution in [0.3, 0.4) is 0 Å². The summed E-state index contributed by atoms with van der Waals surface area (Å²) in [6.45, 7) is 0.428. The molecule has 3 fully saturated rings. The Balaban J connectivity index is 1.69. The van der Waals surface area contributed by atoms with E-state index in [0.717, 1.165) is 17.2 Å². The van der Waals surface area contributed by atoms with Crippen molar-refractivity contribution in [2.45, 2.75) is 25.7 Å². The van der Waals surface area contributed by atoms with Gasteiger partial charge >= 0.3 is 17.8 Å². The van der Waals surface area contributed by atoms with Crippen LogP contribution in [0.2, 0.25) is 0 Å². The van der Waals surface area contributed by atoms with Crippen molar-refractivity contribution in [3.05, 3.63) is 0 Å². The van der Waals surface area contributed by atoms with Crippen LogP contribution in [0.4, 0.5) is 4.79 Å². The number of rotatable bonds is 2. The van der Waals surface area contributed by atoms with Gasteiger partial charge in [0.2, 0.25) is 0 Å². The maximum atomic E-state index is 11.4. The highest BCUT2D eigenvalue weighted by molar-refractivity contribution is 6.44. The van der Waals surface area contributed by atoms with Crippen LogP contribution >= 0.6 is 0 Å². The van der Waals surface area contributed by atoms with E-state index < -0.39 is 17.8 Å². The van der Waals surface area contributed by atoms with Crippen LogP contribution in [-0.2, 0) is 9.59 Å². The largest absolute Gasteiger partial charge is 0.331 e. The molecule has 3 aliphatic rings. The van der Waals surface area contributed by atoms with E-state index in [1.54, 1.807) is 0 Å². The molecule has 1 aliphatic heterocycles. The van der Waals surface area contributed by atoms with Crippen LogP contribution in [0.1, 0.15) is 25.7 Å². The highest BCUT2D eigenvalue weighted by atomic mass is 16.2. The van der Waals surface area contributed by atoms with Gasteiger partial charge in [0, 0.05) is 6.54 Å². The number of urea groups is 1. The first-order valence-corrected chi connectivity index (χ1v) is 5.82. The minimum atomic E-state index is -0.784. The van der Waals surface area contributed by atoms with Gasteiger partial charge in [-0.3, -0.25) is 19.8 Å². The molecule has 1 N–H and O–H groups in total. The molecule has 1 heterocycles. The third-order valence-corrected chi connectivity index (χ3v) is 4.21. The molecule has 0 radical (unpaired) electrons. The molecular weight excluding hydrogens is 208 g/mol. The second kappa shape index (κ2) is 3.30. The maximum absolute atomic E-state index is 11.4. The van der Waals surface area contributed by atoms with Gasteiger partial charge in [-0.15, -0.1) is 0 Å². The topological polar surface area (TPSA) is 66.5 Å². The van der Waals surface area contributed by atoms with E-state index in [0.29, 0.717) is 18.4 Å². The quantitative estimate of drug-likeness (QED) is 0.546. The van der Waals surface area contributed by atoms with Crippen molar-refractivity contribution < 1.29 is 14.4 Å². The minimum absolute atomic E-state index is 0.416. The van der Waals surface area contributed by atoms with Gasteiger partial charge in [-0.05, 0) is 37.0 Å². The molecule has 0 aromatic heterocycles. The number of hydrogen-bond acceptors (Lipinski definition) is 3. The van der Waals surface area contributed by atoms with Gasteiger partial charge in [0.05, 0.1) is 0 Å². The van der Waals surface area contributed by atoms with Crippen molar-refractivity contribution in [2.75, 3.05) is 6.54 Å². The molecule has 0 spiro atoms. The number of amides is 4. The van der Waals surface area contributed by atoms with Crippen LogP contribution in [0, 0.1) is 17.8 Å². The lowest BCUT2D eigenvalue weighted by atomic mass is 9.88. The Bertz CT molecular complexity index is 379. The van der Waals surface area contributed by atoms with Gasteiger partial charge in [0.25, 0.3) is 0 Å². The zero-order valence-electron chi connectivity index (χ0n) is 8.94. The minimum Gasteiger partial charge on any atom is -0.269 e. The Morgan fingerprint density at radius 1 is 1.19 bits per heavy atom. The molecular formula is C11H14N2O3. The summed E-state index contributed by atoms with van der Waals surface area (Å²) in [6, 6.07) is -0.544. The molecule has 3 rings (SSSR count). The number of nitrogens with one attached hydrogen (secondary N) is 1. The molecule has 2 bridgehead atoms. The van der Waals surface area contributed by atoms with Crippen LogP contribution in [0.5, 0.6) is 0 Å². The summed E-state index contributed by atoms with van der Waals surface area (Å²) in [7, 11) is 0. The first-order chi connectivity index (χ1) is 7.65. The lowest BCUT2D eigenvalue weighted by molar-refractivity contribution is -0.140. The SMILES string of the molecule is O=C1NC(=O)N(CC2CC3CCC2C3)C1=O. The fourth-order valence-corrected chi connectivity index (χ4v) is 3.43. The van der Waals surface area contributed by atoms with Gasteiger partial charge in [-0.2, -0.15) is 0 Å². The maximum Gasteiger partial charge on any atom is 0.331 e. The van der Waals surface area contributed by atoms with Crippen LogP contribution < -0.4 is 5.32 Å². The summed E-state index contributed by atoms with van der Waals surface area (Å²) in [5.74, 6) is 0.382. The predicted molar refractivity (Wildman–Crippen MR) is 54.2 cm³/mol. The van der Waals surface area contributed by atoms with Crippen LogP contribution in [0.25, 0.3) is 0 Å². The van der Waals surface area contributed by atoms with Crippen molar-refractivity contribution in [2.24, 2.45) is 17.8 Å². The highest BCUT2D eigenvalue weighted by Gasteiger charge is 2.44. The number of carbonyl (C=O) groups excluding carboxylic acids is 3. The number of nitrogens with zero attached hydrogens (tertiary/aromatic N) is 1. The lowest BCUT2D eigenvalue weighted by Gasteiger charge is -2.24. The van der Waals surface area contributed by atoms with E-state index in [1.807, 2.05) is 5.32 Å². The Hall–Kier alpha value is -1.39. The Labute approximate surface area is 93.2 Å². The standard InChI is InChI=1S/C11H14N2O3/c14-9-10(15)13(11(16)12-9)5-8-4-6-1-2-7(8)3-6/h6-8H,1-5H2,(H,12,14,16). The normalized spacial score (nSPS) is 37.4. The first kappa shape index (κ1) is 9.81. The third kappa shape index (κ3) is 1.34. The summed E-state index contributed by atoms with van der Waals surface area (Å²) in [6.07, 6.45) is 4.85. The van der Waals surface area contributed by atoms with Gasteiger partial charge in [-0.1, -0.05) is 6.42 Å². The van der Waals surface area contributed by atoms with Crippen molar-refractivity contribution >= 4 is 17.8 Å². The average molecular weight is 222 g/mol. The highest BCUT2D eigenvalue weighted by Crippen LogP contribution is 2.48. The van der Waals surface area contributed by atoms with Crippen LogP contribution in [0.15, 0.2) is 0 Å². The summed E-state index contributed by atoms with van der Waals surface area (Å²) < 4.78 is 0. The molecule has 3 unspecified atom stereocenters. The van der Waals surface area contributed by atoms with E-state index in [4.69, 9.17) is 0 Å². The van der Waals surface area contributed by atoms with Gasteiger partial charge < -0.3 is 0 Å². The molecule has 2 aliphatic carbocycles. The molecule has 4 amide bonds. The smallest absolute Gasteiger partial charge is 0.269 e. The molecule has 3 atom stereocenters. The summed E-state index contributed by atoms with van der Waals surface area (Å²) in [5, 5.41) is 2.03. The van der Waals surface area contributed by atoms with Gasteiger partial charge in [0.1, 0.15) is 0 Å². The second-order valence-electron chi connectivity index (χ2n) is 5.11. The summed E-state index contributed by atoms with van der Waals surface area (Å²) in [5.41, 5.74) is 0. The summed E-state index contributed by atoms with van der Waals surface area (Å²) in [4.78, 5) is 34.8. The fourth-order valence-electron chi connectivity index (χ4n) is 3.43. The Kier molecular flexibility index (Phi) is 2.02. The van der Waals surface area contributed by atoms with E-state index in [-0.39, 0.29) is 0 Å². The summed E-state index contributed by atoms with van der Waals surface area (Å²) >= 11 is 0. The first-order valence-electron chi connectivity index (χ1n) is 5.82. The molecule has 2 saturated carbocycles. The van der Waals surface area contributed by atoms with Crippen LogP contribution in [-0.4, -0.2) is 29.3 Å². The third-order valence-electron chi connectivity index (χ3n) is 4.21. The lowest BCUT2D eigenvalue weighted by Crippen LogP contribution is -2.37. The Morgan fingerprint density at radius 2 is 2.00 bits per heavy atom. The van der Waals surface area contributed by atoms with Crippen molar-refractivity contribution in [3.8, 4) is 0 Å². The fraction of sp³-hybridized carbons (Fsp3) is 0.727. The molecule has 0 aromatic carbocycles. The molecule has 0 aromatic rings. The Morgan fingerprint density at radius 3 is 2.50 bits per heavy atom. The number of imide groups is 2. The molecule has 1 saturated heterocycles. The van der Waals surface area contributed by atoms with Crippen molar-refractivity contribution in [1.29, 1.82) is 0 Å². The number of fused-ring (bicyclic) bond motifs is 2. The predicted octanol–water partition coefficient (Wildman–Crippen LogP) is 0.501.